The van der Waals surface area contributed by atoms with Crippen molar-refractivity contribution in [2.75, 3.05) is 13.1 Å². The predicted octanol–water partition coefficient (Wildman–Crippen LogP) is 1.14. The van der Waals surface area contributed by atoms with Gasteiger partial charge in [-0.15, -0.1) is 0 Å². The maximum atomic E-state index is 12.4. The minimum Gasteiger partial charge on any atom is -0.502 e. The predicted molar refractivity (Wildman–Crippen MR) is 72.9 cm³/mol. The standard InChI is InChI=1S/C14H16N2O5/c17-12-4-2-9-6-15(7-10(9)12)14(19)8-1-3-11(16(20)21)13(18)5-8/h1,3,5,9-10,12,17-18H,2,4,6-7H2. The molecule has 1 amide bonds. The smallest absolute Gasteiger partial charge is 0.310 e. The summed E-state index contributed by atoms with van der Waals surface area (Å²) in [6.07, 6.45) is 1.36. The highest BCUT2D eigenvalue weighted by atomic mass is 16.6. The van der Waals surface area contributed by atoms with Gasteiger partial charge in [-0.3, -0.25) is 14.9 Å². The lowest BCUT2D eigenvalue weighted by Gasteiger charge is -2.18. The lowest BCUT2D eigenvalue weighted by Crippen LogP contribution is -2.31. The molecule has 7 heteroatoms. The van der Waals surface area contributed by atoms with Gasteiger partial charge in [-0.1, -0.05) is 0 Å². The molecule has 2 aliphatic rings. The monoisotopic (exact) mass is 292 g/mol. The molecular weight excluding hydrogens is 276 g/mol. The van der Waals surface area contributed by atoms with Crippen molar-refractivity contribution < 1.29 is 19.9 Å². The third-order valence-electron chi connectivity index (χ3n) is 4.53. The molecule has 3 rings (SSSR count). The average molecular weight is 292 g/mol. The van der Waals surface area contributed by atoms with Crippen LogP contribution in [0, 0.1) is 22.0 Å². The Morgan fingerprint density at radius 3 is 2.71 bits per heavy atom. The number of rotatable bonds is 2. The summed E-state index contributed by atoms with van der Waals surface area (Å²) in [5, 5.41) is 30.1. The van der Waals surface area contributed by atoms with Gasteiger partial charge in [-0.05, 0) is 30.9 Å². The second kappa shape index (κ2) is 5.00. The van der Waals surface area contributed by atoms with Gasteiger partial charge in [0, 0.05) is 30.6 Å². The number of carbonyl (C=O) groups is 1. The SMILES string of the molecule is O=C(c1ccc([N+](=O)[O-])c(O)c1)N1CC2CCC(O)C2C1. The van der Waals surface area contributed by atoms with Crippen LogP contribution in [0.4, 0.5) is 5.69 Å². The van der Waals surface area contributed by atoms with Crippen molar-refractivity contribution in [1.29, 1.82) is 0 Å². The Morgan fingerprint density at radius 1 is 1.33 bits per heavy atom. The van der Waals surface area contributed by atoms with Crippen molar-refractivity contribution in [3.63, 3.8) is 0 Å². The molecule has 112 valence electrons. The maximum absolute atomic E-state index is 12.4. The second-order valence-corrected chi connectivity index (χ2v) is 5.74. The van der Waals surface area contributed by atoms with E-state index in [1.807, 2.05) is 0 Å². The first-order chi connectivity index (χ1) is 9.97. The molecular formula is C14H16N2O5. The number of aliphatic hydroxyl groups excluding tert-OH is 1. The van der Waals surface area contributed by atoms with E-state index in [0.717, 1.165) is 25.0 Å². The molecule has 1 aliphatic carbocycles. The van der Waals surface area contributed by atoms with Crippen LogP contribution >= 0.6 is 0 Å². The Hall–Kier alpha value is -2.15. The zero-order valence-electron chi connectivity index (χ0n) is 11.3. The van der Waals surface area contributed by atoms with Crippen molar-refractivity contribution in [2.24, 2.45) is 11.8 Å². The Labute approximate surface area is 121 Å². The van der Waals surface area contributed by atoms with Crippen LogP contribution in [0.1, 0.15) is 23.2 Å². The van der Waals surface area contributed by atoms with Crippen LogP contribution in [0.25, 0.3) is 0 Å². The molecule has 3 atom stereocenters. The van der Waals surface area contributed by atoms with Crippen LogP contribution in [0.3, 0.4) is 0 Å². The van der Waals surface area contributed by atoms with Crippen LogP contribution in [0.2, 0.25) is 0 Å². The van der Waals surface area contributed by atoms with Gasteiger partial charge in [0.1, 0.15) is 0 Å². The summed E-state index contributed by atoms with van der Waals surface area (Å²) in [4.78, 5) is 24.0. The van der Waals surface area contributed by atoms with Gasteiger partial charge >= 0.3 is 5.69 Å². The van der Waals surface area contributed by atoms with E-state index in [-0.39, 0.29) is 23.5 Å². The minimum atomic E-state index is -0.694. The van der Waals surface area contributed by atoms with Gasteiger partial charge in [0.25, 0.3) is 5.91 Å². The largest absolute Gasteiger partial charge is 0.502 e. The van der Waals surface area contributed by atoms with Gasteiger partial charge in [0.05, 0.1) is 11.0 Å². The number of amides is 1. The molecule has 21 heavy (non-hydrogen) atoms. The molecule has 1 aromatic rings. The van der Waals surface area contributed by atoms with Gasteiger partial charge < -0.3 is 15.1 Å². The fourth-order valence-corrected chi connectivity index (χ4v) is 3.40. The summed E-state index contributed by atoms with van der Waals surface area (Å²) < 4.78 is 0. The van der Waals surface area contributed by atoms with Crippen LogP contribution in [0.5, 0.6) is 5.75 Å². The van der Waals surface area contributed by atoms with E-state index in [0.29, 0.717) is 19.0 Å². The fourth-order valence-electron chi connectivity index (χ4n) is 3.40. The lowest BCUT2D eigenvalue weighted by atomic mass is 10.00. The number of hydrogen-bond donors (Lipinski definition) is 2. The number of fused-ring (bicyclic) bond motifs is 1. The Morgan fingerprint density at radius 2 is 2.10 bits per heavy atom. The fraction of sp³-hybridized carbons (Fsp3) is 0.500. The highest BCUT2D eigenvalue weighted by molar-refractivity contribution is 5.95. The third-order valence-corrected chi connectivity index (χ3v) is 4.53. The number of nitro benzene ring substituents is 1. The summed E-state index contributed by atoms with van der Waals surface area (Å²) in [6.45, 7) is 1.10. The minimum absolute atomic E-state index is 0.126. The number of phenols is 1. The topological polar surface area (TPSA) is 104 Å². The third kappa shape index (κ3) is 2.33. The van der Waals surface area contributed by atoms with E-state index < -0.39 is 16.4 Å². The van der Waals surface area contributed by atoms with Crippen LogP contribution < -0.4 is 0 Å². The average Bonchev–Trinajstić information content (AvgIpc) is 3.00. The molecule has 1 aliphatic heterocycles. The molecule has 2 fully saturated rings. The molecule has 1 saturated carbocycles. The number of aliphatic hydroxyl groups is 1. The van der Waals surface area contributed by atoms with E-state index in [1.54, 1.807) is 4.90 Å². The first-order valence-electron chi connectivity index (χ1n) is 6.92. The zero-order valence-corrected chi connectivity index (χ0v) is 11.3. The van der Waals surface area contributed by atoms with Gasteiger partial charge in [-0.2, -0.15) is 0 Å². The number of aromatic hydroxyl groups is 1. The molecule has 0 spiro atoms. The summed E-state index contributed by atoms with van der Waals surface area (Å²) in [5.74, 6) is -0.316. The summed E-state index contributed by atoms with van der Waals surface area (Å²) in [6, 6.07) is 3.62. The second-order valence-electron chi connectivity index (χ2n) is 5.74. The molecule has 3 unspecified atom stereocenters. The molecule has 1 heterocycles. The molecule has 1 aromatic carbocycles. The van der Waals surface area contributed by atoms with Crippen molar-refractivity contribution >= 4 is 11.6 Å². The number of carbonyl (C=O) groups excluding carboxylic acids is 1. The number of likely N-dealkylation sites (tertiary alicyclic amines) is 1. The van der Waals surface area contributed by atoms with Gasteiger partial charge in [0.2, 0.25) is 0 Å². The number of hydrogen-bond acceptors (Lipinski definition) is 5. The van der Waals surface area contributed by atoms with Gasteiger partial charge in [-0.25, -0.2) is 0 Å². The Kier molecular flexibility index (Phi) is 3.29. The number of nitro groups is 1. The normalized spacial score (nSPS) is 27.7. The molecule has 7 nitrogen and oxygen atoms in total. The first-order valence-corrected chi connectivity index (χ1v) is 6.92. The van der Waals surface area contributed by atoms with E-state index in [4.69, 9.17) is 0 Å². The quantitative estimate of drug-likeness (QED) is 0.628. The van der Waals surface area contributed by atoms with Crippen LogP contribution in [-0.2, 0) is 0 Å². The highest BCUT2D eigenvalue weighted by Gasteiger charge is 2.43. The number of benzene rings is 1. The van der Waals surface area contributed by atoms with Crippen molar-refractivity contribution in [3.8, 4) is 5.75 Å². The Bertz CT molecular complexity index is 603. The van der Waals surface area contributed by atoms with Crippen LogP contribution in [-0.4, -0.2) is 45.1 Å². The number of nitrogens with zero attached hydrogens (tertiary/aromatic N) is 2. The van der Waals surface area contributed by atoms with Gasteiger partial charge in [0.15, 0.2) is 5.75 Å². The molecule has 0 bridgehead atoms. The van der Waals surface area contributed by atoms with Crippen molar-refractivity contribution in [1.82, 2.24) is 4.90 Å². The summed E-state index contributed by atoms with van der Waals surface area (Å²) in [5.41, 5.74) is -0.187. The zero-order chi connectivity index (χ0) is 15.1. The van der Waals surface area contributed by atoms with E-state index >= 15 is 0 Å². The maximum Gasteiger partial charge on any atom is 0.310 e. The van der Waals surface area contributed by atoms with Crippen LogP contribution in [0.15, 0.2) is 18.2 Å². The molecule has 2 N–H and O–H groups in total. The van der Waals surface area contributed by atoms with Crippen molar-refractivity contribution in [2.45, 2.75) is 18.9 Å². The summed E-state index contributed by atoms with van der Waals surface area (Å²) >= 11 is 0. The lowest BCUT2D eigenvalue weighted by molar-refractivity contribution is -0.385. The molecule has 0 radical (unpaired) electrons. The number of phenolic OH excluding ortho intramolecular Hbond substituents is 1. The first kappa shape index (κ1) is 13.8. The highest BCUT2D eigenvalue weighted by Crippen LogP contribution is 2.38. The summed E-state index contributed by atoms with van der Waals surface area (Å²) in [7, 11) is 0. The van der Waals surface area contributed by atoms with E-state index in [9.17, 15) is 25.1 Å². The van der Waals surface area contributed by atoms with Crippen molar-refractivity contribution in [3.05, 3.63) is 33.9 Å². The molecule has 0 aromatic heterocycles. The molecule has 1 saturated heterocycles. The van der Waals surface area contributed by atoms with E-state index in [2.05, 4.69) is 0 Å². The van der Waals surface area contributed by atoms with E-state index in [1.165, 1.54) is 6.07 Å². The Balaban J connectivity index is 1.77.